The summed E-state index contributed by atoms with van der Waals surface area (Å²) < 4.78 is 2.93. The molecular weight excluding hydrogens is 436 g/mol. The summed E-state index contributed by atoms with van der Waals surface area (Å²) >= 11 is 4.84. The van der Waals surface area contributed by atoms with Gasteiger partial charge in [0.2, 0.25) is 5.91 Å². The van der Waals surface area contributed by atoms with Crippen LogP contribution in [0.2, 0.25) is 0 Å². The number of allylic oxidation sites excluding steroid dienone is 1. The van der Waals surface area contributed by atoms with Crippen LogP contribution >= 0.6 is 27.7 Å². The van der Waals surface area contributed by atoms with Crippen molar-refractivity contribution in [1.29, 1.82) is 0 Å². The van der Waals surface area contributed by atoms with Gasteiger partial charge in [-0.2, -0.15) is 0 Å². The van der Waals surface area contributed by atoms with Crippen LogP contribution in [0.3, 0.4) is 0 Å². The molecule has 0 bridgehead atoms. The van der Waals surface area contributed by atoms with Crippen molar-refractivity contribution in [3.05, 3.63) is 71.2 Å². The molecule has 0 aliphatic carbocycles. The van der Waals surface area contributed by atoms with Gasteiger partial charge in [-0.3, -0.25) is 9.36 Å². The van der Waals surface area contributed by atoms with Gasteiger partial charge in [-0.05, 0) is 36.2 Å². The summed E-state index contributed by atoms with van der Waals surface area (Å²) in [7, 11) is 0. The zero-order chi connectivity index (χ0) is 19.9. The molecule has 0 aliphatic heterocycles. The van der Waals surface area contributed by atoms with Crippen molar-refractivity contribution in [2.75, 3.05) is 11.1 Å². The summed E-state index contributed by atoms with van der Waals surface area (Å²) in [4.78, 5) is 12.3. The van der Waals surface area contributed by atoms with Gasteiger partial charge >= 0.3 is 0 Å². The number of nitrogens with zero attached hydrogens (tertiary/aromatic N) is 3. The number of thioether (sulfide) groups is 1. The molecule has 0 spiro atoms. The second-order valence-corrected chi connectivity index (χ2v) is 7.96. The van der Waals surface area contributed by atoms with Gasteiger partial charge < -0.3 is 5.32 Å². The van der Waals surface area contributed by atoms with Crippen LogP contribution in [0.15, 0.2) is 70.8 Å². The van der Waals surface area contributed by atoms with E-state index in [0.717, 1.165) is 28.0 Å². The minimum atomic E-state index is -0.0774. The molecule has 0 fully saturated rings. The largest absolute Gasteiger partial charge is 0.325 e. The Kier molecular flexibility index (Phi) is 7.06. The molecule has 1 aromatic heterocycles. The second-order valence-electron chi connectivity index (χ2n) is 6.10. The van der Waals surface area contributed by atoms with Crippen LogP contribution in [0.25, 0.3) is 11.4 Å². The standard InChI is InChI=1S/C21H21BrN4OS/c1-3-12-26-20(16-6-5-7-17(22)13-16)24-25-21(26)28-14-19(27)23-18-10-8-15(4-2)9-11-18/h3,5-11,13H,1,4,12,14H2,2H3,(H,23,27). The van der Waals surface area contributed by atoms with E-state index in [-0.39, 0.29) is 11.7 Å². The number of rotatable bonds is 8. The number of halogens is 1. The van der Waals surface area contributed by atoms with Crippen molar-refractivity contribution in [1.82, 2.24) is 14.8 Å². The maximum Gasteiger partial charge on any atom is 0.234 e. The van der Waals surface area contributed by atoms with Crippen molar-refractivity contribution >= 4 is 39.3 Å². The average molecular weight is 457 g/mol. The monoisotopic (exact) mass is 456 g/mol. The highest BCUT2D eigenvalue weighted by molar-refractivity contribution is 9.10. The van der Waals surface area contributed by atoms with Gasteiger partial charge in [0.1, 0.15) is 0 Å². The Hall–Kier alpha value is -2.38. The van der Waals surface area contributed by atoms with Crippen LogP contribution < -0.4 is 5.32 Å². The highest BCUT2D eigenvalue weighted by atomic mass is 79.9. The molecule has 5 nitrogen and oxygen atoms in total. The Labute approximate surface area is 177 Å². The SMILES string of the molecule is C=CCn1c(SCC(=O)Nc2ccc(CC)cc2)nnc1-c1cccc(Br)c1. The predicted molar refractivity (Wildman–Crippen MR) is 119 cm³/mol. The highest BCUT2D eigenvalue weighted by Gasteiger charge is 2.15. The first-order valence-corrected chi connectivity index (χ1v) is 10.7. The minimum absolute atomic E-state index is 0.0774. The Bertz CT molecular complexity index is 969. The van der Waals surface area contributed by atoms with E-state index >= 15 is 0 Å². The van der Waals surface area contributed by atoms with Gasteiger partial charge in [0.15, 0.2) is 11.0 Å². The normalized spacial score (nSPS) is 10.6. The summed E-state index contributed by atoms with van der Waals surface area (Å²) in [6.07, 6.45) is 2.77. The van der Waals surface area contributed by atoms with Crippen molar-refractivity contribution < 1.29 is 4.79 Å². The van der Waals surface area contributed by atoms with E-state index in [1.807, 2.05) is 53.1 Å². The van der Waals surface area contributed by atoms with E-state index < -0.39 is 0 Å². The molecule has 1 N–H and O–H groups in total. The van der Waals surface area contributed by atoms with Crippen LogP contribution in [0.4, 0.5) is 5.69 Å². The molecule has 3 aromatic rings. The van der Waals surface area contributed by atoms with Crippen LogP contribution in [0, 0.1) is 0 Å². The molecule has 0 atom stereocenters. The first kappa shape index (κ1) is 20.4. The third-order valence-corrected chi connectivity index (χ3v) is 5.55. The lowest BCUT2D eigenvalue weighted by atomic mass is 10.1. The molecule has 1 heterocycles. The fourth-order valence-corrected chi connectivity index (χ4v) is 3.83. The lowest BCUT2D eigenvalue weighted by Gasteiger charge is -2.09. The number of anilines is 1. The lowest BCUT2D eigenvalue weighted by Crippen LogP contribution is -2.14. The molecule has 0 saturated heterocycles. The Morgan fingerprint density at radius 3 is 2.71 bits per heavy atom. The van der Waals surface area contributed by atoms with E-state index in [1.54, 1.807) is 6.08 Å². The van der Waals surface area contributed by atoms with Gasteiger partial charge in [0.25, 0.3) is 0 Å². The summed E-state index contributed by atoms with van der Waals surface area (Å²) in [6, 6.07) is 15.8. The molecule has 0 unspecified atom stereocenters. The Balaban J connectivity index is 1.69. The molecular formula is C21H21BrN4OS. The second kappa shape index (κ2) is 9.71. The Morgan fingerprint density at radius 1 is 1.25 bits per heavy atom. The first-order chi connectivity index (χ1) is 13.6. The molecule has 0 aliphatic rings. The van der Waals surface area contributed by atoms with Crippen LogP contribution in [0.1, 0.15) is 12.5 Å². The maximum absolute atomic E-state index is 12.3. The summed E-state index contributed by atoms with van der Waals surface area (Å²) in [6.45, 7) is 6.49. The highest BCUT2D eigenvalue weighted by Crippen LogP contribution is 2.26. The van der Waals surface area contributed by atoms with E-state index in [9.17, 15) is 4.79 Å². The molecule has 7 heteroatoms. The first-order valence-electron chi connectivity index (χ1n) is 8.92. The number of carbonyl (C=O) groups is 1. The smallest absolute Gasteiger partial charge is 0.234 e. The molecule has 144 valence electrons. The zero-order valence-electron chi connectivity index (χ0n) is 15.6. The predicted octanol–water partition coefficient (Wildman–Crippen LogP) is 5.19. The third-order valence-electron chi connectivity index (χ3n) is 4.09. The number of amides is 1. The molecule has 3 rings (SSSR count). The number of benzene rings is 2. The van der Waals surface area contributed by atoms with Crippen molar-refractivity contribution in [2.24, 2.45) is 0 Å². The number of hydrogen-bond donors (Lipinski definition) is 1. The number of hydrogen-bond acceptors (Lipinski definition) is 4. The minimum Gasteiger partial charge on any atom is -0.325 e. The molecule has 0 radical (unpaired) electrons. The maximum atomic E-state index is 12.3. The van der Waals surface area contributed by atoms with E-state index in [0.29, 0.717) is 11.7 Å². The number of carbonyl (C=O) groups excluding carboxylic acids is 1. The number of nitrogens with one attached hydrogen (secondary N) is 1. The van der Waals surface area contributed by atoms with E-state index in [1.165, 1.54) is 17.3 Å². The molecule has 1 amide bonds. The van der Waals surface area contributed by atoms with Crippen molar-refractivity contribution in [2.45, 2.75) is 25.0 Å². The zero-order valence-corrected chi connectivity index (χ0v) is 18.0. The van der Waals surface area contributed by atoms with Crippen molar-refractivity contribution in [3.63, 3.8) is 0 Å². The summed E-state index contributed by atoms with van der Waals surface area (Å²) in [5.74, 6) is 0.925. The number of aromatic nitrogens is 3. The van der Waals surface area contributed by atoms with Gasteiger partial charge in [-0.1, -0.05) is 65.0 Å². The summed E-state index contributed by atoms with van der Waals surface area (Å²) in [5.41, 5.74) is 2.99. The van der Waals surface area contributed by atoms with Gasteiger partial charge in [0, 0.05) is 22.3 Å². The topological polar surface area (TPSA) is 59.8 Å². The van der Waals surface area contributed by atoms with Gasteiger partial charge in [-0.15, -0.1) is 16.8 Å². The average Bonchev–Trinajstić information content (AvgIpc) is 3.10. The van der Waals surface area contributed by atoms with Crippen LogP contribution in [0.5, 0.6) is 0 Å². The van der Waals surface area contributed by atoms with Gasteiger partial charge in [0.05, 0.1) is 5.75 Å². The van der Waals surface area contributed by atoms with E-state index in [2.05, 4.69) is 44.9 Å². The Morgan fingerprint density at radius 2 is 2.04 bits per heavy atom. The molecule has 2 aromatic carbocycles. The van der Waals surface area contributed by atoms with E-state index in [4.69, 9.17) is 0 Å². The lowest BCUT2D eigenvalue weighted by molar-refractivity contribution is -0.113. The quantitative estimate of drug-likeness (QED) is 0.374. The van der Waals surface area contributed by atoms with Crippen LogP contribution in [-0.4, -0.2) is 26.4 Å². The summed E-state index contributed by atoms with van der Waals surface area (Å²) in [5, 5.41) is 12.2. The number of aryl methyl sites for hydroxylation is 1. The molecule has 28 heavy (non-hydrogen) atoms. The fourth-order valence-electron chi connectivity index (χ4n) is 2.68. The van der Waals surface area contributed by atoms with Crippen LogP contribution in [-0.2, 0) is 17.8 Å². The fraction of sp³-hybridized carbons (Fsp3) is 0.190. The third kappa shape index (κ3) is 5.11. The van der Waals surface area contributed by atoms with Crippen molar-refractivity contribution in [3.8, 4) is 11.4 Å². The van der Waals surface area contributed by atoms with Gasteiger partial charge in [-0.25, -0.2) is 0 Å². The molecule has 0 saturated carbocycles.